The maximum absolute atomic E-state index is 6.15. The Labute approximate surface area is 249 Å². The first kappa shape index (κ1) is 26.0. The van der Waals surface area contributed by atoms with E-state index in [1.165, 1.54) is 6.20 Å². The van der Waals surface area contributed by atoms with Crippen molar-refractivity contribution in [2.75, 3.05) is 0 Å². The summed E-state index contributed by atoms with van der Waals surface area (Å²) in [7, 11) is 0. The Morgan fingerprint density at radius 1 is 0.767 bits per heavy atom. The number of aromatic nitrogens is 2. The van der Waals surface area contributed by atoms with Gasteiger partial charge in [0.1, 0.15) is 0 Å². The number of nitrogens with two attached hydrogens (primary N) is 1. The topological polar surface area (TPSA) is 85.5 Å². The van der Waals surface area contributed by atoms with Gasteiger partial charge in [-0.2, -0.15) is 0 Å². The van der Waals surface area contributed by atoms with E-state index in [0.29, 0.717) is 17.1 Å². The van der Waals surface area contributed by atoms with Gasteiger partial charge in [-0.15, -0.1) is 0 Å². The van der Waals surface area contributed by atoms with Gasteiger partial charge in [0.15, 0.2) is 0 Å². The van der Waals surface area contributed by atoms with Crippen molar-refractivity contribution in [2.45, 2.75) is 6.92 Å². The summed E-state index contributed by atoms with van der Waals surface area (Å²) in [6.45, 7) is 1.93. The Bertz CT molecular complexity index is 1970. The number of hydrogen-bond acceptors (Lipinski definition) is 5. The van der Waals surface area contributed by atoms with Crippen LogP contribution in [0.5, 0.6) is 5.75 Å². The molecule has 0 unspecified atom stereocenters. The van der Waals surface area contributed by atoms with Crippen molar-refractivity contribution in [2.24, 2.45) is 10.7 Å². The summed E-state index contributed by atoms with van der Waals surface area (Å²) < 4.78 is 0. The van der Waals surface area contributed by atoms with Gasteiger partial charge >= 0.3 is 0 Å². The van der Waals surface area contributed by atoms with E-state index in [2.05, 4.69) is 58.5 Å². The van der Waals surface area contributed by atoms with Gasteiger partial charge < -0.3 is 10.7 Å². The van der Waals surface area contributed by atoms with Crippen LogP contribution in [0.2, 0.25) is 0 Å². The molecule has 43 heavy (non-hydrogen) atoms. The van der Waals surface area contributed by atoms with Crippen LogP contribution < -0.4 is 10.6 Å². The van der Waals surface area contributed by atoms with E-state index in [0.717, 1.165) is 61.8 Å². The molecule has 0 fully saturated rings. The standard InChI is InChI=1S/C37H28N4O2/c1-2-27-33(22-38)42-43-34-23-39-19-18-28(34)37-30(25-14-8-4-9-15-25)21-32(41-37)35(26-16-10-5-11-17-26)31-20-29(36(27)40-31)24-12-6-3-7-13-24/h2-23,41H,38H2,1H3/b27-2+,33-22+,35-31-. The number of hydrogen-bond donors (Lipinski definition) is 2. The van der Waals surface area contributed by atoms with Gasteiger partial charge in [-0.3, -0.25) is 14.8 Å². The molecule has 0 amide bonds. The second kappa shape index (κ2) is 11.2. The molecule has 3 N–H and O–H groups in total. The second-order valence-electron chi connectivity index (χ2n) is 10.1. The van der Waals surface area contributed by atoms with Gasteiger partial charge in [0.05, 0.1) is 23.3 Å². The van der Waals surface area contributed by atoms with Crippen molar-refractivity contribution in [3.63, 3.8) is 0 Å². The van der Waals surface area contributed by atoms with Gasteiger partial charge in [0.25, 0.3) is 0 Å². The Morgan fingerprint density at radius 2 is 1.44 bits per heavy atom. The van der Waals surface area contributed by atoms with E-state index in [9.17, 15) is 0 Å². The van der Waals surface area contributed by atoms with Gasteiger partial charge in [-0.1, -0.05) is 97.1 Å². The van der Waals surface area contributed by atoms with Crippen molar-refractivity contribution in [1.29, 1.82) is 0 Å². The molecular weight excluding hydrogens is 532 g/mol. The van der Waals surface area contributed by atoms with Crippen molar-refractivity contribution in [1.82, 2.24) is 9.97 Å². The molecule has 0 aliphatic carbocycles. The number of nitrogens with zero attached hydrogens (tertiary/aromatic N) is 2. The van der Waals surface area contributed by atoms with Crippen molar-refractivity contribution >= 4 is 16.9 Å². The van der Waals surface area contributed by atoms with E-state index >= 15 is 0 Å². The first-order valence-corrected chi connectivity index (χ1v) is 14.1. The summed E-state index contributed by atoms with van der Waals surface area (Å²) in [6, 6.07) is 34.9. The van der Waals surface area contributed by atoms with Crippen LogP contribution in [0.15, 0.2) is 156 Å². The predicted octanol–water partition coefficient (Wildman–Crippen LogP) is 8.11. The Kier molecular flexibility index (Phi) is 6.77. The Morgan fingerprint density at radius 3 is 2.12 bits per heavy atom. The van der Waals surface area contributed by atoms with E-state index in [1.54, 1.807) is 12.4 Å². The molecule has 0 atom stereocenters. The lowest BCUT2D eigenvalue weighted by Crippen LogP contribution is -2.12. The molecule has 3 aromatic carbocycles. The highest BCUT2D eigenvalue weighted by atomic mass is 17.2. The largest absolute Gasteiger partial charge is 0.401 e. The summed E-state index contributed by atoms with van der Waals surface area (Å²) in [5.74, 6) is 0.788. The second-order valence-corrected chi connectivity index (χ2v) is 10.1. The molecule has 208 valence electrons. The summed E-state index contributed by atoms with van der Waals surface area (Å²) >= 11 is 0. The number of allylic oxidation sites excluding steroid dienone is 4. The predicted molar refractivity (Wildman–Crippen MR) is 172 cm³/mol. The Hall–Kier alpha value is -5.88. The zero-order valence-electron chi connectivity index (χ0n) is 23.5. The number of benzene rings is 3. The molecule has 0 radical (unpaired) electrons. The monoisotopic (exact) mass is 560 g/mol. The van der Waals surface area contributed by atoms with Crippen LogP contribution in [0.4, 0.5) is 0 Å². The number of fused-ring (bicyclic) bond motifs is 5. The van der Waals surface area contributed by atoms with Crippen LogP contribution >= 0.6 is 0 Å². The number of pyridine rings is 1. The molecule has 0 saturated carbocycles. The highest BCUT2D eigenvalue weighted by Gasteiger charge is 2.28. The molecule has 2 aliphatic rings. The zero-order valence-corrected chi connectivity index (χ0v) is 23.5. The van der Waals surface area contributed by atoms with Crippen LogP contribution in [0, 0.1) is 0 Å². The van der Waals surface area contributed by atoms with Gasteiger partial charge in [0.2, 0.25) is 11.5 Å². The zero-order chi connectivity index (χ0) is 29.2. The number of H-pyrrole nitrogens is 1. The highest BCUT2D eigenvalue weighted by molar-refractivity contribution is 6.35. The lowest BCUT2D eigenvalue weighted by atomic mass is 9.94. The third-order valence-corrected chi connectivity index (χ3v) is 7.58. The van der Waals surface area contributed by atoms with Crippen molar-refractivity contribution in [3.8, 4) is 28.1 Å². The van der Waals surface area contributed by atoms with Gasteiger partial charge in [-0.05, 0) is 41.8 Å². The van der Waals surface area contributed by atoms with Crippen LogP contribution in [0.25, 0.3) is 33.5 Å². The minimum absolute atomic E-state index is 0.342. The minimum Gasteiger partial charge on any atom is -0.401 e. The molecular formula is C37H28N4O2. The molecule has 4 heterocycles. The van der Waals surface area contributed by atoms with Gasteiger partial charge in [0, 0.05) is 45.9 Å². The van der Waals surface area contributed by atoms with Gasteiger partial charge in [-0.25, -0.2) is 4.99 Å². The lowest BCUT2D eigenvalue weighted by Gasteiger charge is -2.16. The average molecular weight is 561 g/mol. The average Bonchev–Trinajstić information content (AvgIpc) is 3.70. The highest BCUT2D eigenvalue weighted by Crippen LogP contribution is 2.43. The number of aliphatic imine (C=N–C) groups is 1. The number of nitrogens with one attached hydrogen (secondary N) is 1. The van der Waals surface area contributed by atoms with E-state index < -0.39 is 0 Å². The molecule has 4 bridgehead atoms. The van der Waals surface area contributed by atoms with Crippen LogP contribution in [-0.4, -0.2) is 15.7 Å². The first-order valence-electron chi connectivity index (χ1n) is 14.1. The fourth-order valence-corrected chi connectivity index (χ4v) is 5.58. The normalized spacial score (nSPS) is 18.0. The summed E-state index contributed by atoms with van der Waals surface area (Å²) in [5.41, 5.74) is 17.1. The number of aromatic amines is 1. The molecule has 2 aromatic heterocycles. The fourth-order valence-electron chi connectivity index (χ4n) is 5.58. The Balaban J connectivity index is 1.59. The van der Waals surface area contributed by atoms with E-state index in [4.69, 9.17) is 20.5 Å². The maximum Gasteiger partial charge on any atom is 0.206 e. The first-order chi connectivity index (χ1) is 21.2. The maximum atomic E-state index is 6.15. The van der Waals surface area contributed by atoms with Crippen molar-refractivity contribution in [3.05, 3.63) is 168 Å². The van der Waals surface area contributed by atoms with E-state index in [-0.39, 0.29) is 0 Å². The summed E-state index contributed by atoms with van der Waals surface area (Å²) in [4.78, 5) is 25.3. The molecule has 0 spiro atoms. The quantitative estimate of drug-likeness (QED) is 0.218. The lowest BCUT2D eigenvalue weighted by molar-refractivity contribution is -0.162. The van der Waals surface area contributed by atoms with Crippen molar-refractivity contribution < 1.29 is 9.78 Å². The molecule has 7 rings (SSSR count). The molecule has 6 nitrogen and oxygen atoms in total. The van der Waals surface area contributed by atoms with Crippen LogP contribution in [0.3, 0.4) is 0 Å². The third kappa shape index (κ3) is 4.75. The minimum atomic E-state index is 0.342. The molecule has 5 aromatic rings. The SMILES string of the molecule is C/C=C1C2=N/C(=C(/c3ccccc3)c3cc(-c4ccccc4)c([nH]3)-c3ccncc3OOC/1=C/N)C=C2c1ccccc1. The molecule has 0 saturated heterocycles. The van der Waals surface area contributed by atoms with Crippen LogP contribution in [0.1, 0.15) is 23.7 Å². The van der Waals surface area contributed by atoms with Crippen LogP contribution in [-0.2, 0) is 4.89 Å². The third-order valence-electron chi connectivity index (χ3n) is 7.58. The van der Waals surface area contributed by atoms with E-state index in [1.807, 2.05) is 73.7 Å². The summed E-state index contributed by atoms with van der Waals surface area (Å²) in [6.07, 6.45) is 8.86. The molecule has 2 aliphatic heterocycles. The smallest absolute Gasteiger partial charge is 0.206 e. The number of rotatable bonds is 3. The fraction of sp³-hybridized carbons (Fsp3) is 0.0270. The molecule has 6 heteroatoms. The summed E-state index contributed by atoms with van der Waals surface area (Å²) in [5, 5.41) is 0.